The number of pyridine rings is 1. The van der Waals surface area contributed by atoms with Crippen LogP contribution in [0.25, 0.3) is 10.9 Å². The Kier molecular flexibility index (Phi) is 7.23. The van der Waals surface area contributed by atoms with E-state index in [4.69, 9.17) is 9.15 Å². The van der Waals surface area contributed by atoms with Crippen molar-refractivity contribution in [2.24, 2.45) is 0 Å². The lowest BCUT2D eigenvalue weighted by atomic mass is 10.0. The Balaban J connectivity index is 1.57. The van der Waals surface area contributed by atoms with Crippen molar-refractivity contribution in [3.63, 3.8) is 0 Å². The van der Waals surface area contributed by atoms with Gasteiger partial charge in [-0.3, -0.25) is 15.1 Å². The Bertz CT molecular complexity index is 1320. The predicted molar refractivity (Wildman–Crippen MR) is 136 cm³/mol. The van der Waals surface area contributed by atoms with Gasteiger partial charge in [0, 0.05) is 31.2 Å². The van der Waals surface area contributed by atoms with Crippen molar-refractivity contribution in [3.05, 3.63) is 58.2 Å². The monoisotopic (exact) mass is 493 g/mol. The Morgan fingerprint density at radius 1 is 1.17 bits per heavy atom. The standard InChI is InChI=1S/C26H31N5O5/c1-16-18(30-25(34)36-26(2,3)4)8-9-19-21(16)23(33)35-24(29-19)31-14-6-5-7-20(31)22(32)28-15-17-10-12-27-13-11-17/h8-13,20H,5-7,14-15H2,1-4H3,(H,28,32)(H,30,34)/t20-/m0/s1. The molecule has 0 spiro atoms. The van der Waals surface area contributed by atoms with Gasteiger partial charge in [0.1, 0.15) is 11.6 Å². The fourth-order valence-corrected chi connectivity index (χ4v) is 4.22. The number of carbonyl (C=O) groups excluding carboxylic acids is 2. The summed E-state index contributed by atoms with van der Waals surface area (Å²) < 4.78 is 10.9. The number of amides is 2. The molecule has 2 N–H and O–H groups in total. The molecule has 10 nitrogen and oxygen atoms in total. The van der Waals surface area contributed by atoms with Crippen LogP contribution in [0.1, 0.15) is 51.2 Å². The molecule has 0 aliphatic carbocycles. The molecule has 1 aliphatic heterocycles. The lowest BCUT2D eigenvalue weighted by molar-refractivity contribution is -0.123. The maximum Gasteiger partial charge on any atom is 0.412 e. The second kappa shape index (κ2) is 10.3. The summed E-state index contributed by atoms with van der Waals surface area (Å²) in [5, 5.41) is 5.91. The highest BCUT2D eigenvalue weighted by molar-refractivity contribution is 5.93. The second-order valence-electron chi connectivity index (χ2n) is 9.82. The van der Waals surface area contributed by atoms with Gasteiger partial charge in [0.05, 0.1) is 10.9 Å². The number of carbonyl (C=O) groups is 2. The second-order valence-corrected chi connectivity index (χ2v) is 9.82. The fraction of sp³-hybridized carbons (Fsp3) is 0.423. The zero-order valence-electron chi connectivity index (χ0n) is 21.0. The van der Waals surface area contributed by atoms with Gasteiger partial charge in [-0.25, -0.2) is 9.59 Å². The van der Waals surface area contributed by atoms with E-state index in [9.17, 15) is 14.4 Å². The van der Waals surface area contributed by atoms with E-state index >= 15 is 0 Å². The largest absolute Gasteiger partial charge is 0.444 e. The van der Waals surface area contributed by atoms with Crippen molar-refractivity contribution < 1.29 is 18.7 Å². The van der Waals surface area contributed by atoms with E-state index < -0.39 is 23.4 Å². The summed E-state index contributed by atoms with van der Waals surface area (Å²) in [6, 6.07) is 6.63. The van der Waals surface area contributed by atoms with E-state index in [1.807, 2.05) is 12.1 Å². The van der Waals surface area contributed by atoms with Crippen molar-refractivity contribution in [1.82, 2.24) is 15.3 Å². The van der Waals surface area contributed by atoms with Crippen LogP contribution in [0.5, 0.6) is 0 Å². The molecule has 0 bridgehead atoms. The van der Waals surface area contributed by atoms with Gasteiger partial charge < -0.3 is 19.4 Å². The number of fused-ring (bicyclic) bond motifs is 1. The summed E-state index contributed by atoms with van der Waals surface area (Å²) in [4.78, 5) is 48.6. The minimum Gasteiger partial charge on any atom is -0.444 e. The summed E-state index contributed by atoms with van der Waals surface area (Å²) in [6.45, 7) is 7.95. The molecule has 3 aromatic rings. The first kappa shape index (κ1) is 25.2. The number of benzene rings is 1. The Labute approximate surface area is 209 Å². The third-order valence-electron chi connectivity index (χ3n) is 5.95. The first-order valence-electron chi connectivity index (χ1n) is 12.0. The lowest BCUT2D eigenvalue weighted by Crippen LogP contribution is -2.50. The normalized spacial score (nSPS) is 16.0. The van der Waals surface area contributed by atoms with Crippen molar-refractivity contribution in [2.45, 2.75) is 65.1 Å². The van der Waals surface area contributed by atoms with Crippen molar-refractivity contribution in [2.75, 3.05) is 16.8 Å². The Morgan fingerprint density at radius 2 is 1.92 bits per heavy atom. The van der Waals surface area contributed by atoms with Crippen LogP contribution in [-0.2, 0) is 16.1 Å². The molecule has 0 radical (unpaired) electrons. The molecule has 1 atom stereocenters. The van der Waals surface area contributed by atoms with E-state index in [1.165, 1.54) is 0 Å². The van der Waals surface area contributed by atoms with E-state index in [2.05, 4.69) is 20.6 Å². The molecule has 1 saturated heterocycles. The van der Waals surface area contributed by atoms with Gasteiger partial charge in [0.2, 0.25) is 5.91 Å². The number of hydrogen-bond acceptors (Lipinski definition) is 8. The minimum atomic E-state index is -0.653. The van der Waals surface area contributed by atoms with Gasteiger partial charge >= 0.3 is 17.7 Å². The molecule has 1 aliphatic rings. The quantitative estimate of drug-likeness (QED) is 0.548. The number of anilines is 2. The van der Waals surface area contributed by atoms with Crippen LogP contribution in [0.4, 0.5) is 16.5 Å². The molecule has 1 aromatic carbocycles. The van der Waals surface area contributed by atoms with Gasteiger partial charge in [-0.2, -0.15) is 4.98 Å². The first-order chi connectivity index (χ1) is 17.1. The molecule has 3 heterocycles. The van der Waals surface area contributed by atoms with Gasteiger partial charge in [0.15, 0.2) is 0 Å². The zero-order valence-corrected chi connectivity index (χ0v) is 21.0. The molecule has 2 amide bonds. The summed E-state index contributed by atoms with van der Waals surface area (Å²) >= 11 is 0. The highest BCUT2D eigenvalue weighted by Crippen LogP contribution is 2.27. The van der Waals surface area contributed by atoms with E-state index in [0.29, 0.717) is 36.3 Å². The molecule has 1 fully saturated rings. The number of aromatic nitrogens is 2. The number of nitrogens with one attached hydrogen (secondary N) is 2. The Morgan fingerprint density at radius 3 is 2.64 bits per heavy atom. The molecular formula is C26H31N5O5. The molecule has 0 unspecified atom stereocenters. The number of aryl methyl sites for hydroxylation is 1. The number of rotatable bonds is 5. The van der Waals surface area contributed by atoms with Gasteiger partial charge in [0.25, 0.3) is 0 Å². The molecule has 36 heavy (non-hydrogen) atoms. The number of nitrogens with zero attached hydrogens (tertiary/aromatic N) is 3. The summed E-state index contributed by atoms with van der Waals surface area (Å²) in [7, 11) is 0. The zero-order chi connectivity index (χ0) is 25.9. The third-order valence-corrected chi connectivity index (χ3v) is 5.95. The van der Waals surface area contributed by atoms with Gasteiger partial charge in [-0.05, 0) is 82.3 Å². The topological polar surface area (TPSA) is 127 Å². The average molecular weight is 494 g/mol. The van der Waals surface area contributed by atoms with Crippen LogP contribution >= 0.6 is 0 Å². The minimum absolute atomic E-state index is 0.114. The van der Waals surface area contributed by atoms with Crippen molar-refractivity contribution in [1.29, 1.82) is 0 Å². The van der Waals surface area contributed by atoms with E-state index in [1.54, 1.807) is 57.1 Å². The predicted octanol–water partition coefficient (Wildman–Crippen LogP) is 3.91. The van der Waals surface area contributed by atoms with Crippen LogP contribution in [-0.4, -0.2) is 40.2 Å². The molecule has 2 aromatic heterocycles. The van der Waals surface area contributed by atoms with Crippen LogP contribution in [0, 0.1) is 6.92 Å². The van der Waals surface area contributed by atoms with Crippen LogP contribution in [0.3, 0.4) is 0 Å². The molecule has 10 heteroatoms. The third kappa shape index (κ3) is 5.81. The highest BCUT2D eigenvalue weighted by Gasteiger charge is 2.32. The first-order valence-corrected chi connectivity index (χ1v) is 12.0. The molecule has 190 valence electrons. The van der Waals surface area contributed by atoms with E-state index in [0.717, 1.165) is 18.4 Å². The fourth-order valence-electron chi connectivity index (χ4n) is 4.22. The summed E-state index contributed by atoms with van der Waals surface area (Å²) in [5.74, 6) is -0.149. The average Bonchev–Trinajstić information content (AvgIpc) is 2.83. The maximum absolute atomic E-state index is 13.0. The summed E-state index contributed by atoms with van der Waals surface area (Å²) in [5.41, 5.74) is 1.10. The molecular weight excluding hydrogens is 462 g/mol. The van der Waals surface area contributed by atoms with Crippen LogP contribution in [0.2, 0.25) is 0 Å². The number of piperidine rings is 1. The van der Waals surface area contributed by atoms with Crippen molar-refractivity contribution in [3.8, 4) is 0 Å². The van der Waals surface area contributed by atoms with Crippen LogP contribution in [0.15, 0.2) is 45.9 Å². The lowest BCUT2D eigenvalue weighted by Gasteiger charge is -2.34. The van der Waals surface area contributed by atoms with Crippen LogP contribution < -0.4 is 21.2 Å². The van der Waals surface area contributed by atoms with E-state index in [-0.39, 0.29) is 17.3 Å². The van der Waals surface area contributed by atoms with Gasteiger partial charge in [-0.15, -0.1) is 0 Å². The molecule has 0 saturated carbocycles. The SMILES string of the molecule is Cc1c(NC(=O)OC(C)(C)C)ccc2nc(N3CCCC[C@H]3C(=O)NCc3ccncc3)oc(=O)c12. The number of hydrogen-bond donors (Lipinski definition) is 2. The highest BCUT2D eigenvalue weighted by atomic mass is 16.6. The van der Waals surface area contributed by atoms with Crippen molar-refractivity contribution >= 4 is 34.6 Å². The summed E-state index contributed by atoms with van der Waals surface area (Å²) in [6.07, 6.45) is 5.11. The smallest absolute Gasteiger partial charge is 0.412 e. The van der Waals surface area contributed by atoms with Gasteiger partial charge in [-0.1, -0.05) is 0 Å². The molecule has 4 rings (SSSR count). The maximum atomic E-state index is 13.0. The Hall–Kier alpha value is -3.95. The number of ether oxygens (including phenoxy) is 1.